The Labute approximate surface area is 135 Å². The molecule has 3 nitrogen and oxygen atoms in total. The number of nitrogens with zero attached hydrogens (tertiary/aromatic N) is 2. The monoisotopic (exact) mass is 314 g/mol. The zero-order valence-electron chi connectivity index (χ0n) is 13.0. The molecule has 22 heavy (non-hydrogen) atoms. The van der Waals surface area contributed by atoms with E-state index in [1.807, 2.05) is 30.3 Å². The molecule has 0 bridgehead atoms. The lowest BCUT2D eigenvalue weighted by Gasteiger charge is -2.21. The topological polar surface area (TPSA) is 29.3 Å². The van der Waals surface area contributed by atoms with Crippen LogP contribution in [0.25, 0.3) is 22.6 Å². The number of oxazole rings is 1. The molecule has 114 valence electrons. The van der Waals surface area contributed by atoms with Crippen molar-refractivity contribution < 1.29 is 4.42 Å². The maximum Gasteiger partial charge on any atom is 0.227 e. The molecule has 0 radical (unpaired) electrons. The summed E-state index contributed by atoms with van der Waals surface area (Å²) in [5.41, 5.74) is 3.75. The lowest BCUT2D eigenvalue weighted by molar-refractivity contribution is 0.619. The summed E-state index contributed by atoms with van der Waals surface area (Å²) in [5, 5.41) is 0.706. The molecule has 3 aromatic rings. The van der Waals surface area contributed by atoms with Gasteiger partial charge in [0.15, 0.2) is 5.58 Å². The number of halogens is 1. The molecular weight excluding hydrogens is 296 g/mol. The molecular formula is C18H19ClN2O. The number of hydrogen-bond acceptors (Lipinski definition) is 3. The number of benzene rings is 2. The van der Waals surface area contributed by atoms with Gasteiger partial charge in [-0.05, 0) is 48.4 Å². The van der Waals surface area contributed by atoms with Gasteiger partial charge in [-0.25, -0.2) is 4.98 Å². The van der Waals surface area contributed by atoms with Crippen molar-refractivity contribution in [1.82, 2.24) is 4.98 Å². The van der Waals surface area contributed by atoms with Crippen LogP contribution < -0.4 is 4.90 Å². The van der Waals surface area contributed by atoms with Gasteiger partial charge in [-0.2, -0.15) is 0 Å². The number of fused-ring (bicyclic) bond motifs is 1. The molecule has 0 aliphatic carbocycles. The maximum absolute atomic E-state index is 5.92. The Bertz CT molecular complexity index is 777. The summed E-state index contributed by atoms with van der Waals surface area (Å²) in [7, 11) is 2.10. The zero-order valence-corrected chi connectivity index (χ0v) is 13.8. The molecule has 0 aliphatic rings. The van der Waals surface area contributed by atoms with Crippen LogP contribution in [0, 0.1) is 5.92 Å². The van der Waals surface area contributed by atoms with Crippen molar-refractivity contribution in [3.05, 3.63) is 47.5 Å². The highest BCUT2D eigenvalue weighted by Gasteiger charge is 2.10. The maximum atomic E-state index is 5.92. The summed E-state index contributed by atoms with van der Waals surface area (Å²) in [6, 6.07) is 13.6. The van der Waals surface area contributed by atoms with Gasteiger partial charge < -0.3 is 9.32 Å². The molecule has 0 aliphatic heterocycles. The average Bonchev–Trinajstić information content (AvgIpc) is 2.90. The number of anilines is 1. The zero-order chi connectivity index (χ0) is 15.7. The molecule has 4 heteroatoms. The van der Waals surface area contributed by atoms with Crippen molar-refractivity contribution in [2.45, 2.75) is 13.8 Å². The van der Waals surface area contributed by atoms with E-state index in [2.05, 4.69) is 42.9 Å². The third-order valence-corrected chi connectivity index (χ3v) is 3.79. The highest BCUT2D eigenvalue weighted by Crippen LogP contribution is 2.28. The van der Waals surface area contributed by atoms with Gasteiger partial charge in [0, 0.05) is 29.9 Å². The highest BCUT2D eigenvalue weighted by molar-refractivity contribution is 6.30. The van der Waals surface area contributed by atoms with Gasteiger partial charge in [0.05, 0.1) is 0 Å². The Morgan fingerprint density at radius 2 is 1.86 bits per heavy atom. The van der Waals surface area contributed by atoms with Gasteiger partial charge in [0.25, 0.3) is 0 Å². The third-order valence-electron chi connectivity index (χ3n) is 3.54. The van der Waals surface area contributed by atoms with Crippen LogP contribution in [0.1, 0.15) is 13.8 Å². The molecule has 3 rings (SSSR count). The van der Waals surface area contributed by atoms with E-state index < -0.39 is 0 Å². The molecule has 2 aromatic carbocycles. The standard InChI is InChI=1S/C18H19ClN2O/c1-12(2)11-21(3)15-8-9-17-16(10-15)20-18(22-17)13-4-6-14(19)7-5-13/h4-10,12H,11H2,1-3H3. The smallest absolute Gasteiger partial charge is 0.227 e. The molecule has 0 amide bonds. The minimum absolute atomic E-state index is 0.614. The highest BCUT2D eigenvalue weighted by atomic mass is 35.5. The van der Waals surface area contributed by atoms with Crippen LogP contribution in [0.3, 0.4) is 0 Å². The fourth-order valence-electron chi connectivity index (χ4n) is 2.52. The molecule has 0 saturated carbocycles. The van der Waals surface area contributed by atoms with Gasteiger partial charge in [0.1, 0.15) is 5.52 Å². The number of aromatic nitrogens is 1. The second kappa shape index (κ2) is 6.01. The summed E-state index contributed by atoms with van der Waals surface area (Å²) in [5.74, 6) is 1.23. The molecule has 0 fully saturated rings. The summed E-state index contributed by atoms with van der Waals surface area (Å²) < 4.78 is 5.84. The fourth-order valence-corrected chi connectivity index (χ4v) is 2.65. The van der Waals surface area contributed by atoms with Crippen molar-refractivity contribution in [3.63, 3.8) is 0 Å². The summed E-state index contributed by atoms with van der Waals surface area (Å²) in [6.07, 6.45) is 0. The van der Waals surface area contributed by atoms with Gasteiger partial charge >= 0.3 is 0 Å². The van der Waals surface area contributed by atoms with Crippen molar-refractivity contribution in [2.75, 3.05) is 18.5 Å². The third kappa shape index (κ3) is 3.09. The predicted molar refractivity (Wildman–Crippen MR) is 92.6 cm³/mol. The van der Waals surface area contributed by atoms with Crippen molar-refractivity contribution in [3.8, 4) is 11.5 Å². The quantitative estimate of drug-likeness (QED) is 0.659. The van der Waals surface area contributed by atoms with E-state index in [-0.39, 0.29) is 0 Å². The molecule has 0 N–H and O–H groups in total. The second-order valence-electron chi connectivity index (χ2n) is 5.95. The lowest BCUT2D eigenvalue weighted by atomic mass is 10.2. The Morgan fingerprint density at radius 1 is 1.14 bits per heavy atom. The average molecular weight is 315 g/mol. The number of hydrogen-bond donors (Lipinski definition) is 0. The van der Waals surface area contributed by atoms with E-state index in [0.717, 1.165) is 28.9 Å². The second-order valence-corrected chi connectivity index (χ2v) is 6.39. The first-order valence-corrected chi connectivity index (χ1v) is 7.78. The van der Waals surface area contributed by atoms with Crippen molar-refractivity contribution in [1.29, 1.82) is 0 Å². The lowest BCUT2D eigenvalue weighted by Crippen LogP contribution is -2.22. The largest absolute Gasteiger partial charge is 0.436 e. The van der Waals surface area contributed by atoms with E-state index in [0.29, 0.717) is 16.8 Å². The van der Waals surface area contributed by atoms with Gasteiger partial charge in [-0.3, -0.25) is 0 Å². The molecule has 1 heterocycles. The van der Waals surface area contributed by atoms with Crippen LogP contribution in [0.5, 0.6) is 0 Å². The number of rotatable bonds is 4. The summed E-state index contributed by atoms with van der Waals surface area (Å²) in [4.78, 5) is 6.84. The van der Waals surface area contributed by atoms with Gasteiger partial charge in [-0.15, -0.1) is 0 Å². The molecule has 0 unspecified atom stereocenters. The van der Waals surface area contributed by atoms with Crippen LogP contribution in [0.4, 0.5) is 5.69 Å². The van der Waals surface area contributed by atoms with Gasteiger partial charge in [0.2, 0.25) is 5.89 Å². The predicted octanol–water partition coefficient (Wildman–Crippen LogP) is 5.24. The Kier molecular flexibility index (Phi) is 4.08. The SMILES string of the molecule is CC(C)CN(C)c1ccc2oc(-c3ccc(Cl)cc3)nc2c1. The van der Waals surface area contributed by atoms with Crippen LogP contribution >= 0.6 is 11.6 Å². The fraction of sp³-hybridized carbons (Fsp3) is 0.278. The van der Waals surface area contributed by atoms with Crippen LogP contribution in [0.2, 0.25) is 5.02 Å². The molecule has 0 spiro atoms. The van der Waals surface area contributed by atoms with Crippen molar-refractivity contribution in [2.24, 2.45) is 5.92 Å². The van der Waals surface area contributed by atoms with E-state index in [1.165, 1.54) is 0 Å². The van der Waals surface area contributed by atoms with Gasteiger partial charge in [-0.1, -0.05) is 25.4 Å². The first-order valence-electron chi connectivity index (χ1n) is 7.40. The van der Waals surface area contributed by atoms with Crippen molar-refractivity contribution >= 4 is 28.4 Å². The Balaban J connectivity index is 1.94. The first kappa shape index (κ1) is 14.9. The summed E-state index contributed by atoms with van der Waals surface area (Å²) >= 11 is 5.92. The molecule has 0 saturated heterocycles. The van der Waals surface area contributed by atoms with E-state index in [9.17, 15) is 0 Å². The van der Waals surface area contributed by atoms with E-state index >= 15 is 0 Å². The first-order chi connectivity index (χ1) is 10.5. The summed E-state index contributed by atoms with van der Waals surface area (Å²) in [6.45, 7) is 5.43. The Hall–Kier alpha value is -2.00. The van der Waals surface area contributed by atoms with E-state index in [1.54, 1.807) is 0 Å². The van der Waals surface area contributed by atoms with Crippen LogP contribution in [-0.2, 0) is 0 Å². The van der Waals surface area contributed by atoms with Crippen LogP contribution in [-0.4, -0.2) is 18.6 Å². The van der Waals surface area contributed by atoms with Crippen LogP contribution in [0.15, 0.2) is 46.9 Å². The molecule has 0 atom stereocenters. The molecule has 1 aromatic heterocycles. The Morgan fingerprint density at radius 3 is 2.55 bits per heavy atom. The normalized spacial score (nSPS) is 11.3. The van der Waals surface area contributed by atoms with E-state index in [4.69, 9.17) is 16.0 Å². The minimum atomic E-state index is 0.614. The minimum Gasteiger partial charge on any atom is -0.436 e.